The van der Waals surface area contributed by atoms with Gasteiger partial charge in [0.2, 0.25) is 0 Å². The molecule has 0 fully saturated rings. The Morgan fingerprint density at radius 1 is 1.04 bits per heavy atom. The van der Waals surface area contributed by atoms with E-state index >= 15 is 0 Å². The average molecular weight is 324 g/mol. The smallest absolute Gasteiger partial charge is 0.264 e. The van der Waals surface area contributed by atoms with Crippen LogP contribution in [0.5, 0.6) is 0 Å². The van der Waals surface area contributed by atoms with Gasteiger partial charge in [-0.25, -0.2) is 0 Å². The molecular formula is C16H12N4O2S. The fourth-order valence-electron chi connectivity index (χ4n) is 1.95. The van der Waals surface area contributed by atoms with Crippen LogP contribution in [0, 0.1) is 10.1 Å². The summed E-state index contributed by atoms with van der Waals surface area (Å²) < 4.78 is 0. The maximum absolute atomic E-state index is 10.7. The summed E-state index contributed by atoms with van der Waals surface area (Å²) in [6, 6.07) is 13.9. The number of hydrogen-bond donors (Lipinski definition) is 0. The maximum atomic E-state index is 10.7. The molecule has 3 rings (SSSR count). The molecule has 0 saturated heterocycles. The predicted molar refractivity (Wildman–Crippen MR) is 87.9 cm³/mol. The average Bonchev–Trinajstić information content (AvgIpc) is 2.61. The second-order valence-electron chi connectivity index (χ2n) is 4.71. The van der Waals surface area contributed by atoms with E-state index in [9.17, 15) is 10.1 Å². The molecule has 0 atom stereocenters. The molecule has 2 heterocycles. The molecule has 23 heavy (non-hydrogen) atoms. The van der Waals surface area contributed by atoms with Crippen LogP contribution < -0.4 is 0 Å². The van der Waals surface area contributed by atoms with Crippen molar-refractivity contribution in [1.82, 2.24) is 15.2 Å². The van der Waals surface area contributed by atoms with Gasteiger partial charge in [-0.3, -0.25) is 15.1 Å². The van der Waals surface area contributed by atoms with Crippen LogP contribution in [0.15, 0.2) is 66.0 Å². The molecule has 0 saturated carbocycles. The monoisotopic (exact) mass is 324 g/mol. The van der Waals surface area contributed by atoms with Crippen molar-refractivity contribution >= 4 is 17.4 Å². The summed E-state index contributed by atoms with van der Waals surface area (Å²) in [6.07, 6.45) is 3.57. The van der Waals surface area contributed by atoms with Crippen LogP contribution >= 0.6 is 11.8 Å². The van der Waals surface area contributed by atoms with Crippen molar-refractivity contribution in [3.63, 3.8) is 0 Å². The van der Waals surface area contributed by atoms with Crippen molar-refractivity contribution in [2.24, 2.45) is 0 Å². The zero-order valence-electron chi connectivity index (χ0n) is 12.0. The van der Waals surface area contributed by atoms with Crippen LogP contribution in [-0.4, -0.2) is 20.1 Å². The summed E-state index contributed by atoms with van der Waals surface area (Å²) in [5.41, 5.74) is 2.67. The highest BCUT2D eigenvalue weighted by Crippen LogP contribution is 2.23. The minimum atomic E-state index is -0.423. The summed E-state index contributed by atoms with van der Waals surface area (Å²) in [5.74, 6) is 0.777. The molecule has 0 bridgehead atoms. The maximum Gasteiger partial charge on any atom is 0.269 e. The van der Waals surface area contributed by atoms with Crippen molar-refractivity contribution in [3.8, 4) is 11.3 Å². The lowest BCUT2D eigenvalue weighted by Gasteiger charge is -2.02. The number of benzene rings is 1. The molecule has 0 aliphatic heterocycles. The number of nitro groups is 1. The first-order valence-electron chi connectivity index (χ1n) is 6.82. The first-order valence-corrected chi connectivity index (χ1v) is 7.81. The normalized spacial score (nSPS) is 10.4. The fraction of sp³-hybridized carbons (Fsp3) is 0.0625. The third-order valence-electron chi connectivity index (χ3n) is 3.12. The van der Waals surface area contributed by atoms with Gasteiger partial charge in [-0.2, -0.15) is 0 Å². The van der Waals surface area contributed by atoms with Gasteiger partial charge in [0.25, 0.3) is 5.69 Å². The SMILES string of the molecule is O=[N+]([O-])c1ccc(-c2ccc(SCc3cccnc3)nn2)cc1. The molecule has 1 aromatic carbocycles. The second kappa shape index (κ2) is 6.97. The Morgan fingerprint density at radius 2 is 1.87 bits per heavy atom. The van der Waals surface area contributed by atoms with E-state index in [1.54, 1.807) is 30.1 Å². The van der Waals surface area contributed by atoms with E-state index in [4.69, 9.17) is 0 Å². The number of aromatic nitrogens is 3. The summed E-state index contributed by atoms with van der Waals surface area (Å²) in [4.78, 5) is 14.3. The molecule has 6 nitrogen and oxygen atoms in total. The third kappa shape index (κ3) is 3.89. The Balaban J connectivity index is 1.68. The zero-order chi connectivity index (χ0) is 16.1. The van der Waals surface area contributed by atoms with Crippen LogP contribution in [0.1, 0.15) is 5.56 Å². The standard InChI is InChI=1S/C16H12N4O2S/c21-20(22)14-5-3-13(4-6-14)15-7-8-16(19-18-15)23-11-12-2-1-9-17-10-12/h1-10H,11H2. The molecule has 0 amide bonds. The van der Waals surface area contributed by atoms with Crippen molar-refractivity contribution in [2.45, 2.75) is 10.8 Å². The van der Waals surface area contributed by atoms with Gasteiger partial charge in [0.15, 0.2) is 0 Å². The minimum Gasteiger partial charge on any atom is -0.264 e. The molecule has 114 valence electrons. The van der Waals surface area contributed by atoms with E-state index in [-0.39, 0.29) is 5.69 Å². The van der Waals surface area contributed by atoms with Gasteiger partial charge in [-0.1, -0.05) is 17.8 Å². The van der Waals surface area contributed by atoms with E-state index in [0.29, 0.717) is 5.69 Å². The van der Waals surface area contributed by atoms with Crippen molar-refractivity contribution < 1.29 is 4.92 Å². The second-order valence-corrected chi connectivity index (χ2v) is 5.71. The van der Waals surface area contributed by atoms with Gasteiger partial charge < -0.3 is 0 Å². The topological polar surface area (TPSA) is 81.8 Å². The summed E-state index contributed by atoms with van der Waals surface area (Å²) in [5, 5.41) is 19.8. The molecule has 7 heteroatoms. The number of hydrogen-bond acceptors (Lipinski definition) is 6. The lowest BCUT2D eigenvalue weighted by atomic mass is 10.1. The van der Waals surface area contributed by atoms with Crippen LogP contribution in [0.2, 0.25) is 0 Å². The largest absolute Gasteiger partial charge is 0.269 e. The molecular weight excluding hydrogens is 312 g/mol. The lowest BCUT2D eigenvalue weighted by molar-refractivity contribution is -0.384. The molecule has 0 radical (unpaired) electrons. The van der Waals surface area contributed by atoms with Crippen molar-refractivity contribution in [1.29, 1.82) is 0 Å². The zero-order valence-corrected chi connectivity index (χ0v) is 12.8. The third-order valence-corrected chi connectivity index (χ3v) is 4.11. The van der Waals surface area contributed by atoms with Crippen LogP contribution in [0.3, 0.4) is 0 Å². The number of nitro benzene ring substituents is 1. The quantitative estimate of drug-likeness (QED) is 0.404. The van der Waals surface area contributed by atoms with Gasteiger partial charge in [-0.15, -0.1) is 10.2 Å². The Kier molecular flexibility index (Phi) is 4.58. The Hall–Kier alpha value is -2.80. The Morgan fingerprint density at radius 3 is 2.48 bits per heavy atom. The van der Waals surface area contributed by atoms with E-state index in [0.717, 1.165) is 21.9 Å². The molecule has 0 aliphatic carbocycles. The van der Waals surface area contributed by atoms with E-state index < -0.39 is 4.92 Å². The first-order chi connectivity index (χ1) is 11.2. The van der Waals surface area contributed by atoms with Crippen LogP contribution in [0.4, 0.5) is 5.69 Å². The van der Waals surface area contributed by atoms with Crippen molar-refractivity contribution in [2.75, 3.05) is 0 Å². The summed E-state index contributed by atoms with van der Waals surface area (Å²) in [6.45, 7) is 0. The van der Waals surface area contributed by atoms with Gasteiger partial charge in [0, 0.05) is 35.8 Å². The molecule has 0 N–H and O–H groups in total. The highest BCUT2D eigenvalue weighted by Gasteiger charge is 2.07. The molecule has 3 aromatic rings. The van der Waals surface area contributed by atoms with E-state index in [1.807, 2.05) is 30.5 Å². The molecule has 0 spiro atoms. The minimum absolute atomic E-state index is 0.0605. The summed E-state index contributed by atoms with van der Waals surface area (Å²) >= 11 is 1.58. The van der Waals surface area contributed by atoms with E-state index in [2.05, 4.69) is 15.2 Å². The predicted octanol–water partition coefficient (Wildman–Crippen LogP) is 3.74. The van der Waals surface area contributed by atoms with Gasteiger partial charge in [0.1, 0.15) is 5.03 Å². The Labute approximate surface area is 136 Å². The molecule has 0 unspecified atom stereocenters. The van der Waals surface area contributed by atoms with Crippen LogP contribution in [-0.2, 0) is 5.75 Å². The van der Waals surface area contributed by atoms with Gasteiger partial charge in [-0.05, 0) is 35.9 Å². The van der Waals surface area contributed by atoms with Gasteiger partial charge in [0.05, 0.1) is 10.6 Å². The highest BCUT2D eigenvalue weighted by molar-refractivity contribution is 7.98. The highest BCUT2D eigenvalue weighted by atomic mass is 32.2. The number of nitrogens with zero attached hydrogens (tertiary/aromatic N) is 4. The molecule has 0 aliphatic rings. The van der Waals surface area contributed by atoms with Crippen LogP contribution in [0.25, 0.3) is 11.3 Å². The number of thioether (sulfide) groups is 1. The van der Waals surface area contributed by atoms with Crippen molar-refractivity contribution in [3.05, 3.63) is 76.6 Å². The first kappa shape index (κ1) is 15.1. The Bertz CT molecular complexity index is 793. The summed E-state index contributed by atoms with van der Waals surface area (Å²) in [7, 11) is 0. The number of rotatable bonds is 5. The fourth-order valence-corrected chi connectivity index (χ4v) is 2.69. The lowest BCUT2D eigenvalue weighted by Crippen LogP contribution is -1.91. The molecule has 2 aromatic heterocycles. The number of pyridine rings is 1. The number of non-ortho nitro benzene ring substituents is 1. The van der Waals surface area contributed by atoms with E-state index in [1.165, 1.54) is 12.1 Å². The van der Waals surface area contributed by atoms with Gasteiger partial charge >= 0.3 is 0 Å².